The van der Waals surface area contributed by atoms with Gasteiger partial charge in [0.15, 0.2) is 0 Å². The zero-order chi connectivity index (χ0) is 11.6. The van der Waals surface area contributed by atoms with Crippen molar-refractivity contribution in [3.63, 3.8) is 0 Å². The van der Waals surface area contributed by atoms with Crippen LogP contribution < -0.4 is 5.73 Å². The van der Waals surface area contributed by atoms with Crippen LogP contribution in [0.1, 0.15) is 44.9 Å². The summed E-state index contributed by atoms with van der Waals surface area (Å²) in [4.78, 5) is 4.25. The topological polar surface area (TPSA) is 59.1 Å². The van der Waals surface area contributed by atoms with Gasteiger partial charge in [0.1, 0.15) is 11.6 Å². The SMILES string of the molecule is CCCC(C)(C)c1nc(N)cc(C)c1O. The molecule has 1 rings (SSSR count). The molecule has 0 aliphatic rings. The third kappa shape index (κ3) is 2.41. The molecule has 0 aliphatic carbocycles. The van der Waals surface area contributed by atoms with Crippen molar-refractivity contribution >= 4 is 5.82 Å². The molecule has 3 nitrogen and oxygen atoms in total. The first-order valence-electron chi connectivity index (χ1n) is 5.35. The summed E-state index contributed by atoms with van der Waals surface area (Å²) in [6, 6.07) is 1.70. The largest absolute Gasteiger partial charge is 0.506 e. The summed E-state index contributed by atoms with van der Waals surface area (Å²) >= 11 is 0. The third-order valence-electron chi connectivity index (χ3n) is 2.72. The summed E-state index contributed by atoms with van der Waals surface area (Å²) < 4.78 is 0. The Morgan fingerprint density at radius 3 is 2.60 bits per heavy atom. The average Bonchev–Trinajstić information content (AvgIpc) is 2.11. The van der Waals surface area contributed by atoms with Crippen LogP contribution in [0.5, 0.6) is 5.75 Å². The highest BCUT2D eigenvalue weighted by Crippen LogP contribution is 2.35. The summed E-state index contributed by atoms with van der Waals surface area (Å²) in [6.07, 6.45) is 2.04. The second kappa shape index (κ2) is 4.09. The Balaban J connectivity index is 3.24. The van der Waals surface area contributed by atoms with E-state index in [1.807, 2.05) is 6.92 Å². The molecule has 0 fully saturated rings. The van der Waals surface area contributed by atoms with E-state index in [9.17, 15) is 5.11 Å². The van der Waals surface area contributed by atoms with E-state index >= 15 is 0 Å². The molecule has 0 spiro atoms. The minimum atomic E-state index is -0.126. The molecule has 15 heavy (non-hydrogen) atoms. The molecule has 0 atom stereocenters. The molecule has 0 aliphatic heterocycles. The standard InChI is InChI=1S/C12H20N2O/c1-5-6-12(3,4)11-10(15)8(2)7-9(13)14-11/h7,15H,5-6H2,1-4H3,(H2,13,14). The first kappa shape index (κ1) is 11.8. The van der Waals surface area contributed by atoms with E-state index in [0.29, 0.717) is 11.5 Å². The smallest absolute Gasteiger partial charge is 0.140 e. The molecule has 0 radical (unpaired) electrons. The van der Waals surface area contributed by atoms with Crippen molar-refractivity contribution in [3.05, 3.63) is 17.3 Å². The number of aromatic nitrogens is 1. The van der Waals surface area contributed by atoms with Crippen LogP contribution in [0.3, 0.4) is 0 Å². The maximum absolute atomic E-state index is 9.97. The number of nitrogens with two attached hydrogens (primary N) is 1. The monoisotopic (exact) mass is 208 g/mol. The van der Waals surface area contributed by atoms with E-state index in [4.69, 9.17) is 5.73 Å². The average molecular weight is 208 g/mol. The number of pyridine rings is 1. The zero-order valence-corrected chi connectivity index (χ0v) is 9.96. The Hall–Kier alpha value is -1.25. The molecule has 0 bridgehead atoms. The van der Waals surface area contributed by atoms with E-state index in [1.165, 1.54) is 0 Å². The molecule has 1 heterocycles. The lowest BCUT2D eigenvalue weighted by atomic mass is 9.83. The summed E-state index contributed by atoms with van der Waals surface area (Å²) in [5, 5.41) is 9.97. The van der Waals surface area contributed by atoms with Gasteiger partial charge in [0.2, 0.25) is 0 Å². The van der Waals surface area contributed by atoms with Crippen LogP contribution in [-0.4, -0.2) is 10.1 Å². The normalized spacial score (nSPS) is 11.7. The highest BCUT2D eigenvalue weighted by molar-refractivity contribution is 5.46. The molecule has 0 saturated carbocycles. The second-order valence-corrected chi connectivity index (χ2v) is 4.70. The highest BCUT2D eigenvalue weighted by atomic mass is 16.3. The Kier molecular flexibility index (Phi) is 3.22. The number of hydrogen-bond donors (Lipinski definition) is 2. The predicted molar refractivity (Wildman–Crippen MR) is 63.0 cm³/mol. The van der Waals surface area contributed by atoms with Gasteiger partial charge >= 0.3 is 0 Å². The fourth-order valence-corrected chi connectivity index (χ4v) is 1.91. The van der Waals surface area contributed by atoms with Crippen LogP contribution >= 0.6 is 0 Å². The lowest BCUT2D eigenvalue weighted by molar-refractivity contribution is 0.404. The number of hydrogen-bond acceptors (Lipinski definition) is 3. The Bertz CT molecular complexity index is 359. The van der Waals surface area contributed by atoms with E-state index in [-0.39, 0.29) is 11.2 Å². The van der Waals surface area contributed by atoms with Gasteiger partial charge in [0.05, 0.1) is 5.69 Å². The van der Waals surface area contributed by atoms with Gasteiger partial charge in [0, 0.05) is 5.41 Å². The van der Waals surface area contributed by atoms with E-state index in [1.54, 1.807) is 6.07 Å². The maximum Gasteiger partial charge on any atom is 0.140 e. The van der Waals surface area contributed by atoms with Crippen molar-refractivity contribution in [1.82, 2.24) is 4.98 Å². The molecule has 1 aromatic rings. The molecule has 1 aromatic heterocycles. The van der Waals surface area contributed by atoms with Gasteiger partial charge in [-0.15, -0.1) is 0 Å². The molecule has 3 heteroatoms. The lowest BCUT2D eigenvalue weighted by Gasteiger charge is -2.25. The molecule has 0 amide bonds. The van der Waals surface area contributed by atoms with E-state index < -0.39 is 0 Å². The van der Waals surface area contributed by atoms with Crippen molar-refractivity contribution in [2.24, 2.45) is 0 Å². The predicted octanol–water partition coefficient (Wildman–Crippen LogP) is 2.76. The molecule has 3 N–H and O–H groups in total. The van der Waals surface area contributed by atoms with Crippen molar-refractivity contribution in [2.75, 3.05) is 5.73 Å². The number of nitrogen functional groups attached to an aromatic ring is 1. The van der Waals surface area contributed by atoms with Gasteiger partial charge in [-0.25, -0.2) is 4.98 Å². The molecule has 0 unspecified atom stereocenters. The Morgan fingerprint density at radius 2 is 2.07 bits per heavy atom. The summed E-state index contributed by atoms with van der Waals surface area (Å²) in [5.41, 5.74) is 7.08. The van der Waals surface area contributed by atoms with Crippen molar-refractivity contribution in [2.45, 2.75) is 46.0 Å². The van der Waals surface area contributed by atoms with Gasteiger partial charge in [-0.05, 0) is 25.0 Å². The third-order valence-corrected chi connectivity index (χ3v) is 2.72. The Morgan fingerprint density at radius 1 is 1.47 bits per heavy atom. The lowest BCUT2D eigenvalue weighted by Crippen LogP contribution is -2.19. The number of anilines is 1. The number of aromatic hydroxyl groups is 1. The van der Waals surface area contributed by atoms with Crippen molar-refractivity contribution in [3.8, 4) is 5.75 Å². The van der Waals surface area contributed by atoms with Gasteiger partial charge in [-0.2, -0.15) is 0 Å². The van der Waals surface area contributed by atoms with Gasteiger partial charge in [-0.1, -0.05) is 27.2 Å². The first-order chi connectivity index (χ1) is 6.88. The fourth-order valence-electron chi connectivity index (χ4n) is 1.91. The van der Waals surface area contributed by atoms with E-state index in [2.05, 4.69) is 25.8 Å². The summed E-state index contributed by atoms with van der Waals surface area (Å²) in [5.74, 6) is 0.757. The van der Waals surface area contributed by atoms with Gasteiger partial charge in [-0.3, -0.25) is 0 Å². The minimum Gasteiger partial charge on any atom is -0.506 e. The molecule has 0 aromatic carbocycles. The number of nitrogens with zero attached hydrogens (tertiary/aromatic N) is 1. The summed E-state index contributed by atoms with van der Waals surface area (Å²) in [7, 11) is 0. The van der Waals surface area contributed by atoms with Crippen LogP contribution in [0.15, 0.2) is 6.07 Å². The van der Waals surface area contributed by atoms with Gasteiger partial charge < -0.3 is 10.8 Å². The van der Waals surface area contributed by atoms with Crippen LogP contribution in [-0.2, 0) is 5.41 Å². The second-order valence-electron chi connectivity index (χ2n) is 4.70. The maximum atomic E-state index is 9.97. The fraction of sp³-hybridized carbons (Fsp3) is 0.583. The highest BCUT2D eigenvalue weighted by Gasteiger charge is 2.25. The first-order valence-corrected chi connectivity index (χ1v) is 5.35. The van der Waals surface area contributed by atoms with Crippen molar-refractivity contribution < 1.29 is 5.11 Å². The quantitative estimate of drug-likeness (QED) is 0.803. The van der Waals surface area contributed by atoms with Crippen LogP contribution in [0.4, 0.5) is 5.82 Å². The van der Waals surface area contributed by atoms with E-state index in [0.717, 1.165) is 18.4 Å². The molecular weight excluding hydrogens is 188 g/mol. The number of aryl methyl sites for hydroxylation is 1. The summed E-state index contributed by atoms with van der Waals surface area (Å²) in [6.45, 7) is 8.13. The molecular formula is C12H20N2O. The Labute approximate surface area is 91.3 Å². The van der Waals surface area contributed by atoms with Crippen LogP contribution in [0.2, 0.25) is 0 Å². The molecule has 0 saturated heterocycles. The number of rotatable bonds is 3. The zero-order valence-electron chi connectivity index (χ0n) is 9.96. The van der Waals surface area contributed by atoms with Gasteiger partial charge in [0.25, 0.3) is 0 Å². The van der Waals surface area contributed by atoms with Crippen LogP contribution in [0.25, 0.3) is 0 Å². The van der Waals surface area contributed by atoms with Crippen LogP contribution in [0, 0.1) is 6.92 Å². The minimum absolute atomic E-state index is 0.126. The molecule has 84 valence electrons. The van der Waals surface area contributed by atoms with Crippen molar-refractivity contribution in [1.29, 1.82) is 0 Å².